The first-order valence-electron chi connectivity index (χ1n) is 5.65. The molecule has 0 aromatic carbocycles. The highest BCUT2D eigenvalue weighted by Crippen LogP contribution is 2.13. The van der Waals surface area contributed by atoms with Crippen molar-refractivity contribution in [3.05, 3.63) is 34.5 Å². The summed E-state index contributed by atoms with van der Waals surface area (Å²) < 4.78 is 1.42. The Labute approximate surface area is 108 Å². The number of aromatic nitrogens is 5. The van der Waals surface area contributed by atoms with E-state index in [4.69, 9.17) is 0 Å². The lowest BCUT2D eigenvalue weighted by Crippen LogP contribution is -2.19. The predicted molar refractivity (Wildman–Crippen MR) is 69.7 cm³/mol. The van der Waals surface area contributed by atoms with E-state index in [2.05, 4.69) is 50.4 Å². The third-order valence-corrected chi connectivity index (χ3v) is 3.45. The Morgan fingerprint density at radius 2 is 2.33 bits per heavy atom. The molecule has 3 aromatic rings. The number of hydrogen-bond donors (Lipinski definition) is 1. The summed E-state index contributed by atoms with van der Waals surface area (Å²) in [5.41, 5.74) is 0.645. The molecule has 0 saturated carbocycles. The molecule has 3 heterocycles. The standard InChI is InChI=1S/C11H12N6S/c1-8(7-9-3-2-6-18-9)12-10-4-5-11-13-15-16-17(11)14-10/h2-6,8H,7H2,1H3,(H,12,14). The molecule has 0 saturated heterocycles. The molecule has 0 aliphatic rings. The maximum absolute atomic E-state index is 4.28. The Hall–Kier alpha value is -2.02. The lowest BCUT2D eigenvalue weighted by atomic mass is 10.2. The molecule has 7 heteroatoms. The zero-order valence-electron chi connectivity index (χ0n) is 9.82. The average Bonchev–Trinajstić information content (AvgIpc) is 2.98. The van der Waals surface area contributed by atoms with Crippen LogP contribution in [0.3, 0.4) is 0 Å². The van der Waals surface area contributed by atoms with Gasteiger partial charge in [-0.3, -0.25) is 0 Å². The fourth-order valence-electron chi connectivity index (χ4n) is 1.76. The Balaban J connectivity index is 1.71. The van der Waals surface area contributed by atoms with Crippen LogP contribution in [0.15, 0.2) is 29.6 Å². The first-order chi connectivity index (χ1) is 8.81. The molecule has 0 aliphatic heterocycles. The van der Waals surface area contributed by atoms with Crippen LogP contribution in [-0.2, 0) is 6.42 Å². The van der Waals surface area contributed by atoms with E-state index in [9.17, 15) is 0 Å². The Kier molecular flexibility index (Phi) is 2.89. The minimum atomic E-state index is 0.310. The first kappa shape index (κ1) is 11.1. The molecule has 3 aromatic heterocycles. The number of fused-ring (bicyclic) bond motifs is 1. The fourth-order valence-corrected chi connectivity index (χ4v) is 2.60. The highest BCUT2D eigenvalue weighted by Gasteiger charge is 2.06. The Morgan fingerprint density at radius 3 is 3.17 bits per heavy atom. The number of nitrogens with zero attached hydrogens (tertiary/aromatic N) is 5. The molecule has 0 amide bonds. The molecule has 1 atom stereocenters. The van der Waals surface area contributed by atoms with Crippen LogP contribution < -0.4 is 5.32 Å². The molecule has 0 fully saturated rings. The van der Waals surface area contributed by atoms with E-state index in [0.717, 1.165) is 12.2 Å². The number of nitrogens with one attached hydrogen (secondary N) is 1. The van der Waals surface area contributed by atoms with E-state index in [1.807, 2.05) is 12.1 Å². The number of thiophene rings is 1. The predicted octanol–water partition coefficient (Wildman–Crippen LogP) is 1.62. The van der Waals surface area contributed by atoms with Gasteiger partial charge in [0.05, 0.1) is 0 Å². The smallest absolute Gasteiger partial charge is 0.200 e. The van der Waals surface area contributed by atoms with Gasteiger partial charge >= 0.3 is 0 Å². The van der Waals surface area contributed by atoms with Gasteiger partial charge in [0.15, 0.2) is 5.65 Å². The van der Waals surface area contributed by atoms with Gasteiger partial charge in [0, 0.05) is 17.3 Å². The Bertz CT molecular complexity index is 632. The van der Waals surface area contributed by atoms with E-state index in [1.165, 1.54) is 9.51 Å². The van der Waals surface area contributed by atoms with Crippen molar-refractivity contribution in [2.24, 2.45) is 0 Å². The summed E-state index contributed by atoms with van der Waals surface area (Å²) in [4.78, 5) is 1.36. The highest BCUT2D eigenvalue weighted by atomic mass is 32.1. The SMILES string of the molecule is CC(Cc1cccs1)Nc1ccc2nnnn2n1. The molecule has 92 valence electrons. The third kappa shape index (κ3) is 2.30. The van der Waals surface area contributed by atoms with E-state index in [1.54, 1.807) is 11.3 Å². The minimum Gasteiger partial charge on any atom is -0.366 e. The van der Waals surface area contributed by atoms with Gasteiger partial charge in [-0.25, -0.2) is 0 Å². The van der Waals surface area contributed by atoms with Crippen molar-refractivity contribution in [1.29, 1.82) is 0 Å². The monoisotopic (exact) mass is 260 g/mol. The second-order valence-electron chi connectivity index (χ2n) is 4.07. The number of hydrogen-bond acceptors (Lipinski definition) is 6. The zero-order valence-corrected chi connectivity index (χ0v) is 10.6. The summed E-state index contributed by atoms with van der Waals surface area (Å²) in [7, 11) is 0. The molecule has 1 N–H and O–H groups in total. The molecule has 3 rings (SSSR count). The molecular formula is C11H12N6S. The maximum atomic E-state index is 4.28. The van der Waals surface area contributed by atoms with Crippen molar-refractivity contribution in [1.82, 2.24) is 25.3 Å². The van der Waals surface area contributed by atoms with E-state index < -0.39 is 0 Å². The summed E-state index contributed by atoms with van der Waals surface area (Å²) in [6, 6.07) is 8.24. The minimum absolute atomic E-state index is 0.310. The number of anilines is 1. The molecule has 1 unspecified atom stereocenters. The lowest BCUT2D eigenvalue weighted by Gasteiger charge is -2.12. The number of tetrazole rings is 1. The maximum Gasteiger partial charge on any atom is 0.200 e. The van der Waals surface area contributed by atoms with E-state index >= 15 is 0 Å². The van der Waals surface area contributed by atoms with E-state index in [-0.39, 0.29) is 0 Å². The molecule has 0 spiro atoms. The van der Waals surface area contributed by atoms with Crippen LogP contribution in [0.1, 0.15) is 11.8 Å². The van der Waals surface area contributed by atoms with Crippen molar-refractivity contribution < 1.29 is 0 Å². The van der Waals surface area contributed by atoms with Crippen LogP contribution in [0.25, 0.3) is 5.65 Å². The summed E-state index contributed by atoms with van der Waals surface area (Å²) >= 11 is 1.77. The largest absolute Gasteiger partial charge is 0.366 e. The molecular weight excluding hydrogens is 248 g/mol. The normalized spacial score (nSPS) is 12.7. The van der Waals surface area contributed by atoms with Crippen LogP contribution in [0.5, 0.6) is 0 Å². The van der Waals surface area contributed by atoms with Gasteiger partial charge in [-0.2, -0.15) is 0 Å². The second kappa shape index (κ2) is 4.69. The molecule has 0 aliphatic carbocycles. The van der Waals surface area contributed by atoms with Crippen molar-refractivity contribution >= 4 is 22.8 Å². The van der Waals surface area contributed by atoms with Gasteiger partial charge in [-0.15, -0.1) is 26.2 Å². The summed E-state index contributed by atoms with van der Waals surface area (Å²) in [6.45, 7) is 2.13. The molecule has 0 bridgehead atoms. The van der Waals surface area contributed by atoms with Crippen molar-refractivity contribution in [2.45, 2.75) is 19.4 Å². The van der Waals surface area contributed by atoms with Crippen molar-refractivity contribution in [3.63, 3.8) is 0 Å². The van der Waals surface area contributed by atoms with Gasteiger partial charge in [-0.1, -0.05) is 6.07 Å². The molecule has 0 radical (unpaired) electrons. The summed E-state index contributed by atoms with van der Waals surface area (Å²) in [5.74, 6) is 0.777. The van der Waals surface area contributed by atoms with Gasteiger partial charge in [0.25, 0.3) is 0 Å². The van der Waals surface area contributed by atoms with Gasteiger partial charge in [-0.05, 0) is 40.9 Å². The number of rotatable bonds is 4. The summed E-state index contributed by atoms with van der Waals surface area (Å²) in [5, 5.41) is 20.8. The third-order valence-electron chi connectivity index (χ3n) is 2.55. The van der Waals surface area contributed by atoms with Crippen LogP contribution in [0.2, 0.25) is 0 Å². The van der Waals surface area contributed by atoms with Crippen LogP contribution in [0, 0.1) is 0 Å². The van der Waals surface area contributed by atoms with Crippen molar-refractivity contribution in [3.8, 4) is 0 Å². The topological polar surface area (TPSA) is 68.0 Å². The average molecular weight is 260 g/mol. The van der Waals surface area contributed by atoms with Gasteiger partial charge < -0.3 is 5.32 Å². The van der Waals surface area contributed by atoms with Crippen molar-refractivity contribution in [2.75, 3.05) is 5.32 Å². The first-order valence-corrected chi connectivity index (χ1v) is 6.53. The molecule has 18 heavy (non-hydrogen) atoms. The summed E-state index contributed by atoms with van der Waals surface area (Å²) in [6.07, 6.45) is 0.979. The highest BCUT2D eigenvalue weighted by molar-refractivity contribution is 7.09. The van der Waals surface area contributed by atoms with Crippen LogP contribution in [0.4, 0.5) is 5.82 Å². The van der Waals surface area contributed by atoms with Crippen LogP contribution in [-0.4, -0.2) is 31.3 Å². The molecule has 6 nitrogen and oxygen atoms in total. The van der Waals surface area contributed by atoms with Crippen LogP contribution >= 0.6 is 11.3 Å². The Morgan fingerprint density at radius 1 is 1.39 bits per heavy atom. The fraction of sp³-hybridized carbons (Fsp3) is 0.273. The lowest BCUT2D eigenvalue weighted by molar-refractivity contribution is 0.721. The van der Waals surface area contributed by atoms with Gasteiger partial charge in [0.2, 0.25) is 0 Å². The second-order valence-corrected chi connectivity index (χ2v) is 5.11. The quantitative estimate of drug-likeness (QED) is 0.772. The van der Waals surface area contributed by atoms with E-state index in [0.29, 0.717) is 11.7 Å². The zero-order chi connectivity index (χ0) is 12.4. The van der Waals surface area contributed by atoms with Gasteiger partial charge in [0.1, 0.15) is 5.82 Å².